The van der Waals surface area contributed by atoms with E-state index in [1.165, 1.54) is 31.0 Å². The summed E-state index contributed by atoms with van der Waals surface area (Å²) in [6.45, 7) is 1.95. The van der Waals surface area contributed by atoms with Crippen molar-refractivity contribution >= 4 is 17.7 Å². The first-order valence-corrected chi connectivity index (χ1v) is 10.0. The lowest BCUT2D eigenvalue weighted by molar-refractivity contribution is -0.119. The van der Waals surface area contributed by atoms with Crippen LogP contribution in [0.25, 0.3) is 11.4 Å². The predicted octanol–water partition coefficient (Wildman–Crippen LogP) is 4.00. The number of hydrogen-bond acceptors (Lipinski definition) is 5. The zero-order valence-corrected chi connectivity index (χ0v) is 16.1. The zero-order chi connectivity index (χ0) is 18.4. The van der Waals surface area contributed by atoms with Crippen molar-refractivity contribution < 1.29 is 9.53 Å². The van der Waals surface area contributed by atoms with Crippen molar-refractivity contribution in [2.24, 2.45) is 0 Å². The van der Waals surface area contributed by atoms with Gasteiger partial charge in [-0.3, -0.25) is 4.79 Å². The van der Waals surface area contributed by atoms with Gasteiger partial charge in [0.25, 0.3) is 0 Å². The van der Waals surface area contributed by atoms with Crippen LogP contribution in [0.4, 0.5) is 0 Å². The molecule has 1 heterocycles. The molecule has 1 aromatic carbocycles. The molecule has 0 bridgehead atoms. The normalized spacial score (nSPS) is 14.8. The molecule has 1 aliphatic carbocycles. The third-order valence-corrected chi connectivity index (χ3v) is 5.41. The standard InChI is InChI=1S/C20H25N3O2S/c1-14-12-19(26-13-18(24)22-16-6-4-3-5-7-16)23-20(21-14)15-8-10-17(25-2)11-9-15/h8-12,16H,3-7,13H2,1-2H3,(H,22,24). The Hall–Kier alpha value is -2.08. The Morgan fingerprint density at radius 3 is 2.62 bits per heavy atom. The van der Waals surface area contributed by atoms with Crippen molar-refractivity contribution in [2.45, 2.75) is 50.1 Å². The van der Waals surface area contributed by atoms with E-state index in [4.69, 9.17) is 4.74 Å². The summed E-state index contributed by atoms with van der Waals surface area (Å²) in [6, 6.07) is 9.94. The third-order valence-electron chi connectivity index (χ3n) is 4.50. The zero-order valence-electron chi connectivity index (χ0n) is 15.3. The molecule has 1 saturated carbocycles. The number of aromatic nitrogens is 2. The van der Waals surface area contributed by atoms with Gasteiger partial charge in [-0.25, -0.2) is 9.97 Å². The Morgan fingerprint density at radius 1 is 1.19 bits per heavy atom. The number of methoxy groups -OCH3 is 1. The minimum atomic E-state index is 0.0872. The molecule has 3 rings (SSSR count). The number of aryl methyl sites for hydroxylation is 1. The fourth-order valence-electron chi connectivity index (χ4n) is 3.14. The van der Waals surface area contributed by atoms with E-state index in [1.807, 2.05) is 37.3 Å². The maximum Gasteiger partial charge on any atom is 0.230 e. The van der Waals surface area contributed by atoms with Gasteiger partial charge in [0.2, 0.25) is 5.91 Å². The maximum atomic E-state index is 12.2. The van der Waals surface area contributed by atoms with Crippen LogP contribution in [0.1, 0.15) is 37.8 Å². The molecule has 0 atom stereocenters. The van der Waals surface area contributed by atoms with Crippen LogP contribution in [0.5, 0.6) is 5.75 Å². The number of nitrogens with zero attached hydrogens (tertiary/aromatic N) is 2. The Bertz CT molecular complexity index is 743. The van der Waals surface area contributed by atoms with E-state index in [9.17, 15) is 4.79 Å². The fourth-order valence-corrected chi connectivity index (χ4v) is 3.91. The van der Waals surface area contributed by atoms with Crippen LogP contribution < -0.4 is 10.1 Å². The number of amides is 1. The molecule has 0 saturated heterocycles. The highest BCUT2D eigenvalue weighted by Crippen LogP contribution is 2.24. The number of ether oxygens (including phenoxy) is 1. The van der Waals surface area contributed by atoms with Gasteiger partial charge in [-0.15, -0.1) is 0 Å². The monoisotopic (exact) mass is 371 g/mol. The Morgan fingerprint density at radius 2 is 1.92 bits per heavy atom. The number of carbonyl (C=O) groups excluding carboxylic acids is 1. The molecule has 6 heteroatoms. The third kappa shape index (κ3) is 5.21. The second-order valence-corrected chi connectivity index (χ2v) is 7.59. The molecule has 26 heavy (non-hydrogen) atoms. The lowest BCUT2D eigenvalue weighted by atomic mass is 9.95. The van der Waals surface area contributed by atoms with Crippen molar-refractivity contribution in [3.8, 4) is 17.1 Å². The van der Waals surface area contributed by atoms with Gasteiger partial charge >= 0.3 is 0 Å². The molecule has 1 amide bonds. The molecule has 2 aromatic rings. The molecule has 0 radical (unpaired) electrons. The van der Waals surface area contributed by atoms with E-state index in [-0.39, 0.29) is 5.91 Å². The number of benzene rings is 1. The second kappa shape index (κ2) is 9.03. The molecule has 0 aliphatic heterocycles. The first-order chi connectivity index (χ1) is 12.6. The van der Waals surface area contributed by atoms with Crippen molar-refractivity contribution in [1.82, 2.24) is 15.3 Å². The minimum Gasteiger partial charge on any atom is -0.497 e. The van der Waals surface area contributed by atoms with Gasteiger partial charge < -0.3 is 10.1 Å². The molecule has 1 aliphatic rings. The van der Waals surface area contributed by atoms with Crippen molar-refractivity contribution in [2.75, 3.05) is 12.9 Å². The highest BCUT2D eigenvalue weighted by Gasteiger charge is 2.16. The largest absolute Gasteiger partial charge is 0.497 e. The molecule has 1 N–H and O–H groups in total. The Kier molecular flexibility index (Phi) is 6.50. The summed E-state index contributed by atoms with van der Waals surface area (Å²) in [5.74, 6) is 1.94. The quantitative estimate of drug-likeness (QED) is 0.614. The average Bonchev–Trinajstić information content (AvgIpc) is 2.67. The highest BCUT2D eigenvalue weighted by atomic mass is 32.2. The molecule has 1 fully saturated rings. The SMILES string of the molecule is COc1ccc(-c2nc(C)cc(SCC(=O)NC3CCCCC3)n2)cc1. The Balaban J connectivity index is 1.62. The molecule has 138 valence electrons. The fraction of sp³-hybridized carbons (Fsp3) is 0.450. The topological polar surface area (TPSA) is 64.1 Å². The van der Waals surface area contributed by atoms with Crippen molar-refractivity contribution in [3.63, 3.8) is 0 Å². The molecule has 0 spiro atoms. The van der Waals surface area contributed by atoms with Gasteiger partial charge in [0, 0.05) is 17.3 Å². The summed E-state index contributed by atoms with van der Waals surface area (Å²) in [5.41, 5.74) is 1.82. The smallest absolute Gasteiger partial charge is 0.230 e. The average molecular weight is 372 g/mol. The summed E-state index contributed by atoms with van der Waals surface area (Å²) < 4.78 is 5.19. The van der Waals surface area contributed by atoms with E-state index in [1.54, 1.807) is 7.11 Å². The highest BCUT2D eigenvalue weighted by molar-refractivity contribution is 7.99. The van der Waals surface area contributed by atoms with E-state index < -0.39 is 0 Å². The summed E-state index contributed by atoms with van der Waals surface area (Å²) in [7, 11) is 1.64. The maximum absolute atomic E-state index is 12.2. The lowest BCUT2D eigenvalue weighted by Crippen LogP contribution is -2.37. The predicted molar refractivity (Wildman–Crippen MR) is 104 cm³/mol. The second-order valence-electron chi connectivity index (χ2n) is 6.59. The first kappa shape index (κ1) is 18.7. The molecular weight excluding hydrogens is 346 g/mol. The van der Waals surface area contributed by atoms with Gasteiger partial charge in [0.15, 0.2) is 5.82 Å². The molecule has 1 aromatic heterocycles. The summed E-state index contributed by atoms with van der Waals surface area (Å²) >= 11 is 1.46. The Labute approximate surface area is 159 Å². The van der Waals surface area contributed by atoms with Crippen LogP contribution in [-0.4, -0.2) is 34.8 Å². The number of thioether (sulfide) groups is 1. The van der Waals surface area contributed by atoms with Gasteiger partial charge in [-0.2, -0.15) is 0 Å². The van der Waals surface area contributed by atoms with Gasteiger partial charge in [0.05, 0.1) is 12.9 Å². The van der Waals surface area contributed by atoms with E-state index >= 15 is 0 Å². The molecule has 0 unspecified atom stereocenters. The van der Waals surface area contributed by atoms with Crippen LogP contribution >= 0.6 is 11.8 Å². The van der Waals surface area contributed by atoms with Crippen LogP contribution in [0.3, 0.4) is 0 Å². The number of rotatable bonds is 6. The molecule has 5 nitrogen and oxygen atoms in total. The van der Waals surface area contributed by atoms with E-state index in [0.717, 1.165) is 34.9 Å². The number of hydrogen-bond donors (Lipinski definition) is 1. The van der Waals surface area contributed by atoms with Gasteiger partial charge in [-0.1, -0.05) is 31.0 Å². The first-order valence-electron chi connectivity index (χ1n) is 9.06. The van der Waals surface area contributed by atoms with Crippen LogP contribution in [0.15, 0.2) is 35.4 Å². The summed E-state index contributed by atoms with van der Waals surface area (Å²) in [4.78, 5) is 21.3. The van der Waals surface area contributed by atoms with E-state index in [2.05, 4.69) is 15.3 Å². The summed E-state index contributed by atoms with van der Waals surface area (Å²) in [5, 5.41) is 3.97. The van der Waals surface area contributed by atoms with Crippen LogP contribution in [0.2, 0.25) is 0 Å². The van der Waals surface area contributed by atoms with Gasteiger partial charge in [-0.05, 0) is 50.1 Å². The molecular formula is C20H25N3O2S. The number of carbonyl (C=O) groups is 1. The van der Waals surface area contributed by atoms with Crippen LogP contribution in [0, 0.1) is 6.92 Å². The summed E-state index contributed by atoms with van der Waals surface area (Å²) in [6.07, 6.45) is 5.92. The lowest BCUT2D eigenvalue weighted by Gasteiger charge is -2.22. The van der Waals surface area contributed by atoms with Crippen LogP contribution in [-0.2, 0) is 4.79 Å². The van der Waals surface area contributed by atoms with E-state index in [0.29, 0.717) is 17.6 Å². The minimum absolute atomic E-state index is 0.0872. The number of nitrogens with one attached hydrogen (secondary N) is 1. The van der Waals surface area contributed by atoms with Crippen molar-refractivity contribution in [3.05, 3.63) is 36.0 Å². The van der Waals surface area contributed by atoms with Crippen molar-refractivity contribution in [1.29, 1.82) is 0 Å². The van der Waals surface area contributed by atoms with Gasteiger partial charge in [0.1, 0.15) is 10.8 Å².